The normalized spacial score (nSPS) is 17.5. The van der Waals surface area contributed by atoms with Gasteiger partial charge in [-0.15, -0.1) is 0 Å². The summed E-state index contributed by atoms with van der Waals surface area (Å²) in [5.74, 6) is 1.05. The first-order chi connectivity index (χ1) is 11.7. The highest BCUT2D eigenvalue weighted by Crippen LogP contribution is 2.32. The number of anilines is 1. The van der Waals surface area contributed by atoms with Crippen LogP contribution in [0.15, 0.2) is 46.2 Å². The molecule has 1 N–H and O–H groups in total. The van der Waals surface area contributed by atoms with Gasteiger partial charge in [0.15, 0.2) is 5.82 Å². The third kappa shape index (κ3) is 2.20. The van der Waals surface area contributed by atoms with Crippen molar-refractivity contribution in [1.29, 1.82) is 0 Å². The maximum Gasteiger partial charge on any atom is 0.290 e. The van der Waals surface area contributed by atoms with Crippen molar-refractivity contribution in [1.82, 2.24) is 19.5 Å². The zero-order valence-corrected chi connectivity index (χ0v) is 13.3. The smallest absolute Gasteiger partial charge is 0.290 e. The van der Waals surface area contributed by atoms with Crippen LogP contribution in [0.1, 0.15) is 24.7 Å². The molecule has 1 aliphatic rings. The summed E-state index contributed by atoms with van der Waals surface area (Å²) < 4.78 is 1.59. The molecule has 24 heavy (non-hydrogen) atoms. The number of hydrogen-bond acceptors (Lipinski definition) is 5. The van der Waals surface area contributed by atoms with E-state index in [9.17, 15) is 9.59 Å². The molecule has 7 heteroatoms. The molecule has 1 fully saturated rings. The Morgan fingerprint density at radius 1 is 1.25 bits per heavy atom. The molecule has 7 nitrogen and oxygen atoms in total. The van der Waals surface area contributed by atoms with Crippen LogP contribution >= 0.6 is 0 Å². The van der Waals surface area contributed by atoms with Crippen LogP contribution in [-0.4, -0.2) is 26.1 Å². The van der Waals surface area contributed by atoms with Gasteiger partial charge in [0.25, 0.3) is 11.1 Å². The summed E-state index contributed by atoms with van der Waals surface area (Å²) in [6, 6.07) is 7.19. The van der Waals surface area contributed by atoms with Crippen LogP contribution in [0, 0.1) is 0 Å². The quantitative estimate of drug-likeness (QED) is 0.770. The monoisotopic (exact) mass is 323 g/mol. The fourth-order valence-corrected chi connectivity index (χ4v) is 3.37. The summed E-state index contributed by atoms with van der Waals surface area (Å²) in [5.41, 5.74) is 0.380. The molecule has 122 valence electrons. The number of fused-ring (bicyclic) bond motifs is 1. The Morgan fingerprint density at radius 2 is 2.08 bits per heavy atom. The molecular formula is C17H17N5O2. The molecule has 0 aliphatic carbocycles. The van der Waals surface area contributed by atoms with Gasteiger partial charge in [-0.3, -0.25) is 14.2 Å². The topological polar surface area (TPSA) is 83.9 Å². The van der Waals surface area contributed by atoms with E-state index < -0.39 is 0 Å². The number of H-pyrrole nitrogens is 1. The predicted molar refractivity (Wildman–Crippen MR) is 91.2 cm³/mol. The van der Waals surface area contributed by atoms with E-state index in [0.29, 0.717) is 29.1 Å². The minimum absolute atomic E-state index is 0.0719. The third-order valence-electron chi connectivity index (χ3n) is 4.53. The molecule has 3 aromatic rings. The summed E-state index contributed by atoms with van der Waals surface area (Å²) in [7, 11) is 1.73. The molecule has 0 saturated carbocycles. The van der Waals surface area contributed by atoms with Crippen LogP contribution in [0.3, 0.4) is 0 Å². The predicted octanol–water partition coefficient (Wildman–Crippen LogP) is 1.36. The fraction of sp³-hybridized carbons (Fsp3) is 0.294. The molecule has 0 amide bonds. The second-order valence-corrected chi connectivity index (χ2v) is 5.94. The van der Waals surface area contributed by atoms with E-state index in [1.165, 1.54) is 6.20 Å². The molecule has 1 aromatic carbocycles. The lowest BCUT2D eigenvalue weighted by atomic mass is 10.1. The zero-order valence-electron chi connectivity index (χ0n) is 13.3. The molecule has 0 spiro atoms. The molecule has 1 unspecified atom stereocenters. The molecule has 1 atom stereocenters. The van der Waals surface area contributed by atoms with Crippen LogP contribution in [0.2, 0.25) is 0 Å². The van der Waals surface area contributed by atoms with Crippen molar-refractivity contribution in [2.75, 3.05) is 11.4 Å². The highest BCUT2D eigenvalue weighted by atomic mass is 16.1. The van der Waals surface area contributed by atoms with E-state index >= 15 is 0 Å². The maximum atomic E-state index is 12.6. The van der Waals surface area contributed by atoms with Crippen molar-refractivity contribution < 1.29 is 0 Å². The molecule has 0 radical (unpaired) electrons. The van der Waals surface area contributed by atoms with E-state index in [2.05, 4.69) is 9.97 Å². The van der Waals surface area contributed by atoms with Gasteiger partial charge in [0.2, 0.25) is 0 Å². The number of nitrogens with one attached hydrogen (secondary N) is 1. The van der Waals surface area contributed by atoms with Gasteiger partial charge in [0, 0.05) is 26.0 Å². The second kappa shape index (κ2) is 5.59. The molecule has 1 aliphatic heterocycles. The minimum atomic E-state index is -0.227. The Hall–Kier alpha value is -2.96. The fourth-order valence-electron chi connectivity index (χ4n) is 3.37. The Kier molecular flexibility index (Phi) is 3.41. The van der Waals surface area contributed by atoms with Crippen molar-refractivity contribution in [2.45, 2.75) is 18.9 Å². The van der Waals surface area contributed by atoms with Crippen molar-refractivity contribution in [2.24, 2.45) is 7.05 Å². The lowest BCUT2D eigenvalue weighted by Gasteiger charge is -2.25. The van der Waals surface area contributed by atoms with E-state index in [4.69, 9.17) is 4.98 Å². The number of nitrogens with zero attached hydrogens (tertiary/aromatic N) is 4. The Bertz CT molecular complexity index is 1020. The average Bonchev–Trinajstić information content (AvgIpc) is 3.08. The van der Waals surface area contributed by atoms with Crippen molar-refractivity contribution in [3.8, 4) is 0 Å². The summed E-state index contributed by atoms with van der Waals surface area (Å²) in [4.78, 5) is 38.3. The van der Waals surface area contributed by atoms with Gasteiger partial charge in [0.05, 0.1) is 16.9 Å². The summed E-state index contributed by atoms with van der Waals surface area (Å²) in [6.45, 7) is 0.716. The standard InChI is InChI=1S/C17H17N5O2/c1-21-14(20-12-6-3-2-5-11(12)17(21)24)13-7-4-10-22(13)15-16(23)19-9-8-18-15/h2-3,5-6,8-9,13H,4,7,10H2,1H3,(H,19,23). The van der Waals surface area contributed by atoms with Gasteiger partial charge in [0.1, 0.15) is 5.82 Å². The van der Waals surface area contributed by atoms with E-state index in [1.807, 2.05) is 23.1 Å². The number of benzene rings is 1. The molecular weight excluding hydrogens is 306 g/mol. The SMILES string of the molecule is Cn1c(C2CCCN2c2ncc[nH]c2=O)nc2ccccc2c1=O. The Labute approximate surface area is 137 Å². The summed E-state index contributed by atoms with van der Waals surface area (Å²) >= 11 is 0. The molecule has 1 saturated heterocycles. The maximum absolute atomic E-state index is 12.6. The lowest BCUT2D eigenvalue weighted by molar-refractivity contribution is 0.605. The second-order valence-electron chi connectivity index (χ2n) is 5.94. The summed E-state index contributed by atoms with van der Waals surface area (Å²) in [6.07, 6.45) is 4.83. The zero-order chi connectivity index (χ0) is 16.7. The lowest BCUT2D eigenvalue weighted by Crippen LogP contribution is -2.34. The van der Waals surface area contributed by atoms with Crippen LogP contribution in [0.5, 0.6) is 0 Å². The highest BCUT2D eigenvalue weighted by Gasteiger charge is 2.32. The van der Waals surface area contributed by atoms with Gasteiger partial charge >= 0.3 is 0 Å². The van der Waals surface area contributed by atoms with Crippen LogP contribution < -0.4 is 16.0 Å². The van der Waals surface area contributed by atoms with E-state index in [0.717, 1.165) is 12.8 Å². The van der Waals surface area contributed by atoms with E-state index in [-0.39, 0.29) is 17.2 Å². The molecule has 0 bridgehead atoms. The van der Waals surface area contributed by atoms with E-state index in [1.54, 1.807) is 23.9 Å². The average molecular weight is 323 g/mol. The largest absolute Gasteiger partial charge is 0.342 e. The van der Waals surface area contributed by atoms with Gasteiger partial charge in [-0.1, -0.05) is 12.1 Å². The van der Waals surface area contributed by atoms with Gasteiger partial charge in [-0.05, 0) is 25.0 Å². The number of rotatable bonds is 2. The first-order valence-corrected chi connectivity index (χ1v) is 7.93. The van der Waals surface area contributed by atoms with Gasteiger partial charge < -0.3 is 9.88 Å². The van der Waals surface area contributed by atoms with Gasteiger partial charge in [-0.2, -0.15) is 0 Å². The van der Waals surface area contributed by atoms with Crippen molar-refractivity contribution in [3.63, 3.8) is 0 Å². The van der Waals surface area contributed by atoms with Crippen LogP contribution in [0.4, 0.5) is 5.82 Å². The molecule has 4 rings (SSSR count). The molecule has 2 aromatic heterocycles. The Morgan fingerprint density at radius 3 is 2.92 bits per heavy atom. The minimum Gasteiger partial charge on any atom is -0.342 e. The Balaban J connectivity index is 1.88. The van der Waals surface area contributed by atoms with Gasteiger partial charge in [-0.25, -0.2) is 9.97 Å². The highest BCUT2D eigenvalue weighted by molar-refractivity contribution is 5.77. The first kappa shape index (κ1) is 14.6. The van der Waals surface area contributed by atoms with Crippen LogP contribution in [0.25, 0.3) is 10.9 Å². The number of aromatic nitrogens is 4. The number of para-hydroxylation sites is 1. The number of hydrogen-bond donors (Lipinski definition) is 1. The van der Waals surface area contributed by atoms with Crippen molar-refractivity contribution >= 4 is 16.7 Å². The summed E-state index contributed by atoms with van der Waals surface area (Å²) in [5, 5.41) is 0.601. The third-order valence-corrected chi connectivity index (χ3v) is 4.53. The molecule has 3 heterocycles. The first-order valence-electron chi connectivity index (χ1n) is 7.93. The van der Waals surface area contributed by atoms with Crippen molar-refractivity contribution in [3.05, 3.63) is 63.2 Å². The number of aromatic amines is 1. The van der Waals surface area contributed by atoms with Crippen LogP contribution in [-0.2, 0) is 7.05 Å².